The Morgan fingerprint density at radius 2 is 2.15 bits per heavy atom. The van der Waals surface area contributed by atoms with Crippen molar-refractivity contribution < 1.29 is 0 Å². The van der Waals surface area contributed by atoms with Crippen molar-refractivity contribution in [2.24, 2.45) is 0 Å². The fourth-order valence-corrected chi connectivity index (χ4v) is 3.53. The van der Waals surface area contributed by atoms with Crippen molar-refractivity contribution in [1.29, 1.82) is 0 Å². The number of thioether (sulfide) groups is 1. The van der Waals surface area contributed by atoms with Crippen LogP contribution >= 0.6 is 27.7 Å². The number of hydrogen-bond acceptors (Lipinski definition) is 3. The van der Waals surface area contributed by atoms with E-state index in [1.54, 1.807) is 0 Å². The molecule has 1 aromatic carbocycles. The van der Waals surface area contributed by atoms with Crippen molar-refractivity contribution in [3.63, 3.8) is 0 Å². The highest BCUT2D eigenvalue weighted by Gasteiger charge is 2.09. The zero-order chi connectivity index (χ0) is 14.4. The molecule has 1 N–H and O–H groups in total. The quantitative estimate of drug-likeness (QED) is 0.794. The van der Waals surface area contributed by atoms with Crippen LogP contribution in [0, 0.1) is 6.92 Å². The summed E-state index contributed by atoms with van der Waals surface area (Å²) in [5.74, 6) is 1.05. The first kappa shape index (κ1) is 15.5. The lowest BCUT2D eigenvalue weighted by molar-refractivity contribution is 0.616. The summed E-state index contributed by atoms with van der Waals surface area (Å²) in [7, 11) is 2.02. The van der Waals surface area contributed by atoms with Crippen LogP contribution < -0.4 is 5.32 Å². The fraction of sp³-hybridized carbons (Fsp3) is 0.312. The Balaban J connectivity index is 1.92. The van der Waals surface area contributed by atoms with Crippen molar-refractivity contribution in [3.8, 4) is 0 Å². The summed E-state index contributed by atoms with van der Waals surface area (Å²) >= 11 is 5.37. The molecule has 0 aliphatic carbocycles. The Bertz CT molecular complexity index is 560. The van der Waals surface area contributed by atoms with Gasteiger partial charge in [0, 0.05) is 33.6 Å². The normalized spacial score (nSPS) is 12.3. The molecule has 1 atom stereocenters. The zero-order valence-electron chi connectivity index (χ0n) is 11.8. The maximum atomic E-state index is 4.22. The van der Waals surface area contributed by atoms with E-state index in [4.69, 9.17) is 0 Å². The number of likely N-dealkylation sites (N-methyl/N-ethyl adjacent to an activating group) is 1. The first-order valence-electron chi connectivity index (χ1n) is 6.63. The summed E-state index contributed by atoms with van der Waals surface area (Å²) in [5, 5.41) is 3.39. The molecule has 0 aliphatic heterocycles. The maximum Gasteiger partial charge on any atom is 0.0410 e. The topological polar surface area (TPSA) is 24.9 Å². The van der Waals surface area contributed by atoms with Gasteiger partial charge in [-0.1, -0.05) is 17.7 Å². The zero-order valence-corrected chi connectivity index (χ0v) is 14.2. The van der Waals surface area contributed by atoms with Gasteiger partial charge in [0.15, 0.2) is 0 Å². The van der Waals surface area contributed by atoms with Gasteiger partial charge in [-0.05, 0) is 60.1 Å². The number of halogens is 1. The van der Waals surface area contributed by atoms with Crippen molar-refractivity contribution in [2.45, 2.75) is 24.3 Å². The predicted molar refractivity (Wildman–Crippen MR) is 90.4 cm³/mol. The Morgan fingerprint density at radius 3 is 2.85 bits per heavy atom. The van der Waals surface area contributed by atoms with Crippen LogP contribution in [0.5, 0.6) is 0 Å². The van der Waals surface area contributed by atoms with Crippen LogP contribution in [0.3, 0.4) is 0 Å². The summed E-state index contributed by atoms with van der Waals surface area (Å²) in [6.07, 6.45) is 4.74. The molecule has 0 fully saturated rings. The molecule has 1 unspecified atom stereocenters. The minimum Gasteiger partial charge on any atom is -0.316 e. The lowest BCUT2D eigenvalue weighted by Crippen LogP contribution is -2.30. The predicted octanol–water partition coefficient (Wildman–Crippen LogP) is 4.08. The lowest BCUT2D eigenvalue weighted by Gasteiger charge is -2.16. The highest BCUT2D eigenvalue weighted by Crippen LogP contribution is 2.21. The minimum atomic E-state index is 0.441. The van der Waals surface area contributed by atoms with E-state index < -0.39 is 0 Å². The SMILES string of the molecule is CNC(CSc1cccc(C)c1)Cc1cncc(Br)c1. The number of hydrogen-bond donors (Lipinski definition) is 1. The first-order chi connectivity index (χ1) is 9.67. The number of benzene rings is 1. The Labute approximate surface area is 133 Å². The summed E-state index contributed by atoms with van der Waals surface area (Å²) in [6.45, 7) is 2.13. The third-order valence-corrected chi connectivity index (χ3v) is 4.68. The molecule has 2 aromatic rings. The highest BCUT2D eigenvalue weighted by molar-refractivity contribution is 9.10. The molecule has 0 saturated carbocycles. The van der Waals surface area contributed by atoms with E-state index in [9.17, 15) is 0 Å². The fourth-order valence-electron chi connectivity index (χ4n) is 2.00. The summed E-state index contributed by atoms with van der Waals surface area (Å²) in [5.41, 5.74) is 2.57. The van der Waals surface area contributed by atoms with Crippen molar-refractivity contribution >= 4 is 27.7 Å². The number of pyridine rings is 1. The maximum absolute atomic E-state index is 4.22. The second-order valence-corrected chi connectivity index (χ2v) is 6.84. The molecule has 2 nitrogen and oxygen atoms in total. The van der Waals surface area contributed by atoms with Gasteiger partial charge in [0.2, 0.25) is 0 Å². The van der Waals surface area contributed by atoms with Crippen molar-refractivity contribution in [2.75, 3.05) is 12.8 Å². The number of aromatic nitrogens is 1. The minimum absolute atomic E-state index is 0.441. The summed E-state index contributed by atoms with van der Waals surface area (Å²) in [6, 6.07) is 11.2. The molecule has 4 heteroatoms. The lowest BCUT2D eigenvalue weighted by atomic mass is 10.1. The molecule has 20 heavy (non-hydrogen) atoms. The van der Waals surface area contributed by atoms with E-state index in [-0.39, 0.29) is 0 Å². The van der Waals surface area contributed by atoms with Crippen LogP contribution in [0.1, 0.15) is 11.1 Å². The average molecular weight is 351 g/mol. The number of aryl methyl sites for hydroxylation is 1. The van der Waals surface area contributed by atoms with Gasteiger partial charge in [-0.3, -0.25) is 4.98 Å². The van der Waals surface area contributed by atoms with Gasteiger partial charge in [-0.15, -0.1) is 11.8 Å². The third-order valence-electron chi connectivity index (χ3n) is 3.09. The second kappa shape index (κ2) is 7.81. The average Bonchev–Trinajstić information content (AvgIpc) is 2.43. The van der Waals surface area contributed by atoms with E-state index in [0.29, 0.717) is 6.04 Å². The van der Waals surface area contributed by atoms with Crippen molar-refractivity contribution in [3.05, 3.63) is 58.3 Å². The smallest absolute Gasteiger partial charge is 0.0410 e. The van der Waals surface area contributed by atoms with E-state index in [2.05, 4.69) is 63.5 Å². The van der Waals surface area contributed by atoms with Crippen molar-refractivity contribution in [1.82, 2.24) is 10.3 Å². The van der Waals surface area contributed by atoms with Crippen LogP contribution in [-0.2, 0) is 6.42 Å². The van der Waals surface area contributed by atoms with Gasteiger partial charge in [0.1, 0.15) is 0 Å². The summed E-state index contributed by atoms with van der Waals surface area (Å²) < 4.78 is 1.04. The van der Waals surface area contributed by atoms with Crippen LogP contribution in [0.4, 0.5) is 0 Å². The largest absolute Gasteiger partial charge is 0.316 e. The molecule has 0 bridgehead atoms. The number of rotatable bonds is 6. The first-order valence-corrected chi connectivity index (χ1v) is 8.41. The molecule has 0 saturated heterocycles. The highest BCUT2D eigenvalue weighted by atomic mass is 79.9. The number of nitrogens with one attached hydrogen (secondary N) is 1. The van der Waals surface area contributed by atoms with Gasteiger partial charge in [0.05, 0.1) is 0 Å². The van der Waals surface area contributed by atoms with Crippen LogP contribution in [0.2, 0.25) is 0 Å². The van der Waals surface area contributed by atoms with Gasteiger partial charge >= 0.3 is 0 Å². The van der Waals surface area contributed by atoms with Gasteiger partial charge in [-0.2, -0.15) is 0 Å². The molecule has 0 aliphatic rings. The molecular weight excluding hydrogens is 332 g/mol. The molecule has 1 aromatic heterocycles. The second-order valence-electron chi connectivity index (χ2n) is 4.83. The summed E-state index contributed by atoms with van der Waals surface area (Å²) in [4.78, 5) is 5.55. The molecular formula is C16H19BrN2S. The Morgan fingerprint density at radius 1 is 1.30 bits per heavy atom. The van der Waals surface area contributed by atoms with E-state index >= 15 is 0 Å². The monoisotopic (exact) mass is 350 g/mol. The van der Waals surface area contributed by atoms with Crippen LogP contribution in [-0.4, -0.2) is 23.8 Å². The van der Waals surface area contributed by atoms with Gasteiger partial charge < -0.3 is 5.32 Å². The Hall–Kier alpha value is -0.840. The molecule has 1 heterocycles. The van der Waals surface area contributed by atoms with Gasteiger partial charge in [0.25, 0.3) is 0 Å². The number of nitrogens with zero attached hydrogens (tertiary/aromatic N) is 1. The van der Waals surface area contributed by atoms with Crippen LogP contribution in [0.15, 0.2) is 52.1 Å². The molecule has 0 amide bonds. The molecule has 0 radical (unpaired) electrons. The van der Waals surface area contributed by atoms with Gasteiger partial charge in [-0.25, -0.2) is 0 Å². The molecule has 106 valence electrons. The van der Waals surface area contributed by atoms with E-state index in [0.717, 1.165) is 16.6 Å². The Kier molecular flexibility index (Phi) is 6.07. The van der Waals surface area contributed by atoms with E-state index in [1.807, 2.05) is 31.2 Å². The van der Waals surface area contributed by atoms with E-state index in [1.165, 1.54) is 16.0 Å². The standard InChI is InChI=1S/C16H19BrN2S/c1-12-4-3-5-16(6-12)20-11-15(18-2)8-13-7-14(17)10-19-9-13/h3-7,9-10,15,18H,8,11H2,1-2H3. The van der Waals surface area contributed by atoms with Crippen LogP contribution in [0.25, 0.3) is 0 Å². The third kappa shape index (κ3) is 4.93. The molecule has 2 rings (SSSR count). The molecule has 0 spiro atoms.